The first kappa shape index (κ1) is 15.4. The van der Waals surface area contributed by atoms with Gasteiger partial charge in [0, 0.05) is 31.6 Å². The van der Waals surface area contributed by atoms with Crippen LogP contribution in [-0.2, 0) is 16.1 Å². The molecule has 0 saturated carbocycles. The Balaban J connectivity index is 2.21. The first-order valence-corrected chi connectivity index (χ1v) is 7.09. The van der Waals surface area contributed by atoms with Crippen molar-refractivity contribution >= 4 is 45.3 Å². The minimum absolute atomic E-state index is 0.0399. The molecule has 0 radical (unpaired) electrons. The maximum Gasteiger partial charge on any atom is 0.221 e. The molecule has 1 heterocycles. The first-order valence-electron chi connectivity index (χ1n) is 5.63. The number of aryl methyl sites for hydroxylation is 1. The van der Waals surface area contributed by atoms with Crippen LogP contribution in [0, 0.1) is 10.5 Å². The maximum absolute atomic E-state index is 11.5. The lowest BCUT2D eigenvalue weighted by molar-refractivity contribution is -0.121. The van der Waals surface area contributed by atoms with Gasteiger partial charge < -0.3 is 5.32 Å². The van der Waals surface area contributed by atoms with Gasteiger partial charge in [0.05, 0.1) is 9.77 Å². The maximum atomic E-state index is 11.5. The summed E-state index contributed by atoms with van der Waals surface area (Å²) in [5.41, 5.74) is 1.07. The minimum Gasteiger partial charge on any atom is -0.356 e. The fourth-order valence-corrected chi connectivity index (χ4v) is 1.94. The summed E-state index contributed by atoms with van der Waals surface area (Å²) in [6.07, 6.45) is 3.03. The van der Waals surface area contributed by atoms with Crippen molar-refractivity contribution in [3.63, 3.8) is 0 Å². The van der Waals surface area contributed by atoms with Gasteiger partial charge in [0.2, 0.25) is 11.1 Å². The third kappa shape index (κ3) is 5.34. The van der Waals surface area contributed by atoms with E-state index in [4.69, 9.17) is 11.6 Å². The number of halogens is 2. The van der Waals surface area contributed by atoms with E-state index in [1.807, 2.05) is 11.6 Å². The quantitative estimate of drug-likeness (QED) is 0.444. The van der Waals surface area contributed by atoms with Gasteiger partial charge in [-0.3, -0.25) is 14.3 Å². The molecule has 0 aliphatic rings. The molecule has 18 heavy (non-hydrogen) atoms. The van der Waals surface area contributed by atoms with Crippen molar-refractivity contribution in [2.24, 2.45) is 0 Å². The van der Waals surface area contributed by atoms with E-state index in [0.717, 1.165) is 9.26 Å². The summed E-state index contributed by atoms with van der Waals surface area (Å²) in [5.74, 6) is -0.0399. The van der Waals surface area contributed by atoms with Crippen LogP contribution >= 0.6 is 34.2 Å². The summed E-state index contributed by atoms with van der Waals surface area (Å²) in [5, 5.41) is 6.55. The van der Waals surface area contributed by atoms with Gasteiger partial charge in [-0.25, -0.2) is 0 Å². The largest absolute Gasteiger partial charge is 0.356 e. The molecule has 0 bridgehead atoms. The van der Waals surface area contributed by atoms with Crippen molar-refractivity contribution in [1.29, 1.82) is 0 Å². The zero-order chi connectivity index (χ0) is 13.5. The Morgan fingerprint density at radius 2 is 2.22 bits per heavy atom. The molecule has 1 aromatic rings. The van der Waals surface area contributed by atoms with Crippen molar-refractivity contribution < 1.29 is 9.59 Å². The number of nitrogens with one attached hydrogen (secondary N) is 1. The molecule has 1 N–H and O–H groups in total. The Labute approximate surface area is 124 Å². The van der Waals surface area contributed by atoms with Gasteiger partial charge in [0.1, 0.15) is 0 Å². The Morgan fingerprint density at radius 1 is 1.50 bits per heavy atom. The molecule has 5 nitrogen and oxygen atoms in total. The normalized spacial score (nSPS) is 10.4. The van der Waals surface area contributed by atoms with E-state index >= 15 is 0 Å². The highest BCUT2D eigenvalue weighted by atomic mass is 127. The number of aromatic nitrogens is 2. The zero-order valence-corrected chi connectivity index (χ0v) is 13.0. The Hall–Kier alpha value is -0.630. The fourth-order valence-electron chi connectivity index (χ4n) is 1.40. The molecule has 7 heteroatoms. The van der Waals surface area contributed by atoms with Crippen molar-refractivity contribution in [2.45, 2.75) is 32.7 Å². The first-order chi connectivity index (χ1) is 8.50. The van der Waals surface area contributed by atoms with Gasteiger partial charge in [-0.2, -0.15) is 5.10 Å². The van der Waals surface area contributed by atoms with E-state index in [-0.39, 0.29) is 17.6 Å². The van der Waals surface area contributed by atoms with E-state index in [1.54, 1.807) is 6.20 Å². The van der Waals surface area contributed by atoms with Crippen molar-refractivity contribution in [2.75, 3.05) is 6.54 Å². The van der Waals surface area contributed by atoms with Crippen molar-refractivity contribution in [3.05, 3.63) is 15.5 Å². The molecule has 0 aromatic carbocycles. The smallest absolute Gasteiger partial charge is 0.221 e. The molecule has 0 atom stereocenters. The Morgan fingerprint density at radius 3 is 2.78 bits per heavy atom. The molecular weight excluding hydrogens is 368 g/mol. The Kier molecular flexibility index (Phi) is 6.62. The fraction of sp³-hybridized carbons (Fsp3) is 0.545. The van der Waals surface area contributed by atoms with Gasteiger partial charge in [-0.05, 0) is 47.5 Å². The molecule has 0 unspecified atom stereocenters. The van der Waals surface area contributed by atoms with E-state index in [2.05, 4.69) is 33.0 Å². The predicted octanol–water partition coefficient (Wildman–Crippen LogP) is 1.85. The number of nitrogens with zero attached hydrogens (tertiary/aromatic N) is 2. The summed E-state index contributed by atoms with van der Waals surface area (Å²) in [6, 6.07) is 0. The second-order valence-electron chi connectivity index (χ2n) is 3.86. The molecule has 1 rings (SSSR count). The van der Waals surface area contributed by atoms with Crippen LogP contribution in [0.25, 0.3) is 0 Å². The second-order valence-corrected chi connectivity index (χ2v) is 5.44. The molecule has 0 saturated heterocycles. The third-order valence-corrected chi connectivity index (χ3v) is 3.71. The second kappa shape index (κ2) is 7.73. The van der Waals surface area contributed by atoms with Crippen molar-refractivity contribution in [3.8, 4) is 0 Å². The summed E-state index contributed by atoms with van der Waals surface area (Å²) >= 11 is 7.40. The van der Waals surface area contributed by atoms with E-state index in [0.29, 0.717) is 25.9 Å². The zero-order valence-electron chi connectivity index (χ0n) is 10.1. The lowest BCUT2D eigenvalue weighted by Gasteiger charge is -2.06. The number of amides is 1. The van der Waals surface area contributed by atoms with Gasteiger partial charge in [-0.15, -0.1) is 0 Å². The SMILES string of the molecule is Cc1c(I)cnn1CCC(=O)NCCCC(=O)Cl. The summed E-state index contributed by atoms with van der Waals surface area (Å²) in [4.78, 5) is 22.0. The Bertz CT molecular complexity index is 434. The van der Waals surface area contributed by atoms with Crippen LogP contribution in [0.4, 0.5) is 0 Å². The standard InChI is InChI=1S/C11H15ClIN3O2/c1-8-9(13)7-15-16(8)6-4-11(18)14-5-2-3-10(12)17/h7H,2-6H2,1H3,(H,14,18). The number of carbonyl (C=O) groups excluding carboxylic acids is 2. The molecule has 1 aromatic heterocycles. The average Bonchev–Trinajstić information content (AvgIpc) is 2.63. The topological polar surface area (TPSA) is 64.0 Å². The molecule has 100 valence electrons. The number of hydrogen-bond donors (Lipinski definition) is 1. The van der Waals surface area contributed by atoms with Gasteiger partial charge in [0.15, 0.2) is 0 Å². The van der Waals surface area contributed by atoms with Crippen LogP contribution in [0.1, 0.15) is 25.0 Å². The lowest BCUT2D eigenvalue weighted by Crippen LogP contribution is -2.26. The van der Waals surface area contributed by atoms with Crippen LogP contribution in [0.2, 0.25) is 0 Å². The van der Waals surface area contributed by atoms with Crippen LogP contribution in [0.15, 0.2) is 6.20 Å². The van der Waals surface area contributed by atoms with Crippen LogP contribution in [0.5, 0.6) is 0 Å². The molecule has 0 aliphatic carbocycles. The molecule has 0 fully saturated rings. The number of hydrogen-bond acceptors (Lipinski definition) is 3. The van der Waals surface area contributed by atoms with Crippen molar-refractivity contribution in [1.82, 2.24) is 15.1 Å². The van der Waals surface area contributed by atoms with E-state index in [1.165, 1.54) is 0 Å². The van der Waals surface area contributed by atoms with Crippen LogP contribution in [0.3, 0.4) is 0 Å². The van der Waals surface area contributed by atoms with Crippen LogP contribution < -0.4 is 5.32 Å². The van der Waals surface area contributed by atoms with Gasteiger partial charge in [0.25, 0.3) is 0 Å². The minimum atomic E-state index is -0.369. The predicted molar refractivity (Wildman–Crippen MR) is 77.4 cm³/mol. The van der Waals surface area contributed by atoms with Gasteiger partial charge in [-0.1, -0.05) is 0 Å². The van der Waals surface area contributed by atoms with Crippen LogP contribution in [-0.4, -0.2) is 27.5 Å². The molecule has 0 spiro atoms. The molecular formula is C11H15ClIN3O2. The number of rotatable bonds is 7. The summed E-state index contributed by atoms with van der Waals surface area (Å²) < 4.78 is 2.90. The highest BCUT2D eigenvalue weighted by Crippen LogP contribution is 2.09. The summed E-state index contributed by atoms with van der Waals surface area (Å²) in [6.45, 7) is 3.01. The lowest BCUT2D eigenvalue weighted by atomic mass is 10.3. The molecule has 1 amide bonds. The monoisotopic (exact) mass is 383 g/mol. The third-order valence-electron chi connectivity index (χ3n) is 2.47. The molecule has 0 aliphatic heterocycles. The van der Waals surface area contributed by atoms with E-state index < -0.39 is 0 Å². The highest BCUT2D eigenvalue weighted by molar-refractivity contribution is 14.1. The number of carbonyl (C=O) groups is 2. The van der Waals surface area contributed by atoms with Gasteiger partial charge >= 0.3 is 0 Å². The summed E-state index contributed by atoms with van der Waals surface area (Å²) in [7, 11) is 0. The van der Waals surface area contributed by atoms with E-state index in [9.17, 15) is 9.59 Å². The average molecular weight is 384 g/mol. The highest BCUT2D eigenvalue weighted by Gasteiger charge is 2.06.